The maximum absolute atomic E-state index is 6.16. The van der Waals surface area contributed by atoms with Crippen LogP contribution in [-0.2, 0) is 17.9 Å². The number of nitrogens with zero attached hydrogens (tertiary/aromatic N) is 1. The minimum Gasteiger partial charge on any atom is -0.497 e. The van der Waals surface area contributed by atoms with Crippen molar-refractivity contribution < 1.29 is 9.47 Å². The average molecular weight is 368 g/mol. The first kappa shape index (κ1) is 19.9. The Hall–Kier alpha value is -1.84. The van der Waals surface area contributed by atoms with Crippen LogP contribution in [0.5, 0.6) is 5.75 Å². The average Bonchev–Trinajstić information content (AvgIpc) is 2.70. The molecule has 0 aromatic heterocycles. The Morgan fingerprint density at radius 1 is 0.889 bits per heavy atom. The standard InChI is InChI=1S/C24H33NO2/c1-18-14-25(15-21-10-12-23(26-4)13-11-21)24(20(3)19(18)2)17-27-16-22-8-6-5-7-9-22/h5-13,18-20,24H,14-17H2,1-4H3. The summed E-state index contributed by atoms with van der Waals surface area (Å²) < 4.78 is 11.4. The molecule has 0 spiro atoms. The van der Waals surface area contributed by atoms with Gasteiger partial charge in [0.1, 0.15) is 5.75 Å². The van der Waals surface area contributed by atoms with Crippen LogP contribution in [0.2, 0.25) is 0 Å². The van der Waals surface area contributed by atoms with Crippen LogP contribution in [0.15, 0.2) is 54.6 Å². The number of ether oxygens (including phenoxy) is 2. The quantitative estimate of drug-likeness (QED) is 0.687. The predicted octanol–water partition coefficient (Wildman–Crippen LogP) is 5.00. The Labute approximate surface area is 164 Å². The van der Waals surface area contributed by atoms with E-state index in [-0.39, 0.29) is 0 Å². The molecule has 3 heteroatoms. The molecule has 4 unspecified atom stereocenters. The number of hydrogen-bond acceptors (Lipinski definition) is 3. The largest absolute Gasteiger partial charge is 0.497 e. The molecule has 1 fully saturated rings. The molecule has 0 aliphatic carbocycles. The smallest absolute Gasteiger partial charge is 0.118 e. The van der Waals surface area contributed by atoms with Crippen molar-refractivity contribution in [3.05, 3.63) is 65.7 Å². The molecule has 3 nitrogen and oxygen atoms in total. The summed E-state index contributed by atoms with van der Waals surface area (Å²) in [7, 11) is 1.71. The van der Waals surface area contributed by atoms with Gasteiger partial charge in [-0.1, -0.05) is 63.2 Å². The van der Waals surface area contributed by atoms with E-state index in [1.165, 1.54) is 11.1 Å². The summed E-state index contributed by atoms with van der Waals surface area (Å²) in [6.45, 7) is 10.7. The van der Waals surface area contributed by atoms with Gasteiger partial charge in [0.2, 0.25) is 0 Å². The van der Waals surface area contributed by atoms with E-state index in [9.17, 15) is 0 Å². The Bertz CT molecular complexity index is 685. The third-order valence-corrected chi connectivity index (χ3v) is 6.27. The Morgan fingerprint density at radius 3 is 2.26 bits per heavy atom. The zero-order valence-corrected chi connectivity index (χ0v) is 17.1. The number of piperidine rings is 1. The van der Waals surface area contributed by atoms with Crippen molar-refractivity contribution in [2.24, 2.45) is 17.8 Å². The highest BCUT2D eigenvalue weighted by molar-refractivity contribution is 5.27. The van der Waals surface area contributed by atoms with Gasteiger partial charge >= 0.3 is 0 Å². The van der Waals surface area contributed by atoms with E-state index in [0.29, 0.717) is 30.4 Å². The molecule has 0 radical (unpaired) electrons. The first-order chi connectivity index (χ1) is 13.1. The van der Waals surface area contributed by atoms with Gasteiger partial charge in [-0.2, -0.15) is 0 Å². The molecule has 1 aliphatic rings. The van der Waals surface area contributed by atoms with Crippen molar-refractivity contribution in [1.29, 1.82) is 0 Å². The Morgan fingerprint density at radius 2 is 1.59 bits per heavy atom. The number of rotatable bonds is 7. The van der Waals surface area contributed by atoms with Crippen molar-refractivity contribution >= 4 is 0 Å². The molecule has 0 N–H and O–H groups in total. The van der Waals surface area contributed by atoms with Crippen LogP contribution in [0.25, 0.3) is 0 Å². The second-order valence-electron chi connectivity index (χ2n) is 8.04. The molecule has 1 heterocycles. The lowest BCUT2D eigenvalue weighted by Crippen LogP contribution is -2.52. The lowest BCUT2D eigenvalue weighted by Gasteiger charge is -2.46. The highest BCUT2D eigenvalue weighted by Crippen LogP contribution is 2.34. The lowest BCUT2D eigenvalue weighted by molar-refractivity contribution is -0.0347. The van der Waals surface area contributed by atoms with Crippen molar-refractivity contribution in [3.8, 4) is 5.75 Å². The van der Waals surface area contributed by atoms with Gasteiger partial charge in [-0.25, -0.2) is 0 Å². The first-order valence-electron chi connectivity index (χ1n) is 10.1. The molecular weight excluding hydrogens is 334 g/mol. The van der Waals surface area contributed by atoms with Crippen LogP contribution in [0.3, 0.4) is 0 Å². The molecule has 0 bridgehead atoms. The van der Waals surface area contributed by atoms with E-state index in [2.05, 4.69) is 74.2 Å². The molecule has 2 aromatic rings. The van der Waals surface area contributed by atoms with Gasteiger partial charge in [-0.05, 0) is 41.0 Å². The van der Waals surface area contributed by atoms with Crippen molar-refractivity contribution in [3.63, 3.8) is 0 Å². The number of benzene rings is 2. The van der Waals surface area contributed by atoms with Crippen LogP contribution < -0.4 is 4.74 Å². The monoisotopic (exact) mass is 367 g/mol. The number of methoxy groups -OCH3 is 1. The molecule has 27 heavy (non-hydrogen) atoms. The number of likely N-dealkylation sites (tertiary alicyclic amines) is 1. The first-order valence-corrected chi connectivity index (χ1v) is 10.1. The van der Waals surface area contributed by atoms with E-state index in [0.717, 1.165) is 25.4 Å². The molecular formula is C24H33NO2. The van der Waals surface area contributed by atoms with Gasteiger partial charge in [0.05, 0.1) is 20.3 Å². The summed E-state index contributed by atoms with van der Waals surface area (Å²) in [5.74, 6) is 2.93. The zero-order valence-electron chi connectivity index (χ0n) is 17.1. The van der Waals surface area contributed by atoms with Crippen LogP contribution in [-0.4, -0.2) is 31.2 Å². The van der Waals surface area contributed by atoms with Crippen molar-refractivity contribution in [2.75, 3.05) is 20.3 Å². The van der Waals surface area contributed by atoms with E-state index >= 15 is 0 Å². The molecule has 146 valence electrons. The summed E-state index contributed by atoms with van der Waals surface area (Å²) in [6.07, 6.45) is 0. The van der Waals surface area contributed by atoms with Gasteiger partial charge in [-0.15, -0.1) is 0 Å². The molecule has 1 aliphatic heterocycles. The summed E-state index contributed by atoms with van der Waals surface area (Å²) in [5, 5.41) is 0. The zero-order chi connectivity index (χ0) is 19.2. The highest BCUT2D eigenvalue weighted by atomic mass is 16.5. The van der Waals surface area contributed by atoms with Gasteiger partial charge in [0.15, 0.2) is 0 Å². The van der Waals surface area contributed by atoms with Gasteiger partial charge < -0.3 is 9.47 Å². The lowest BCUT2D eigenvalue weighted by atomic mass is 9.76. The van der Waals surface area contributed by atoms with E-state index in [1.54, 1.807) is 7.11 Å². The van der Waals surface area contributed by atoms with Gasteiger partial charge in [0.25, 0.3) is 0 Å². The summed E-state index contributed by atoms with van der Waals surface area (Å²) >= 11 is 0. The van der Waals surface area contributed by atoms with E-state index in [4.69, 9.17) is 9.47 Å². The Kier molecular flexibility index (Phi) is 6.92. The third-order valence-electron chi connectivity index (χ3n) is 6.27. The van der Waals surface area contributed by atoms with Gasteiger partial charge in [-0.3, -0.25) is 4.90 Å². The minimum atomic E-state index is 0.446. The fourth-order valence-electron chi connectivity index (χ4n) is 4.15. The van der Waals surface area contributed by atoms with E-state index < -0.39 is 0 Å². The van der Waals surface area contributed by atoms with Crippen LogP contribution in [0.4, 0.5) is 0 Å². The SMILES string of the molecule is COc1ccc(CN2CC(C)C(C)C(C)C2COCc2ccccc2)cc1. The van der Waals surface area contributed by atoms with Crippen molar-refractivity contribution in [1.82, 2.24) is 4.90 Å². The maximum atomic E-state index is 6.16. The molecule has 4 atom stereocenters. The van der Waals surface area contributed by atoms with Crippen LogP contribution in [0.1, 0.15) is 31.9 Å². The minimum absolute atomic E-state index is 0.446. The normalized spacial score (nSPS) is 26.1. The number of hydrogen-bond donors (Lipinski definition) is 0. The molecule has 1 saturated heterocycles. The molecule has 3 rings (SSSR count). The van der Waals surface area contributed by atoms with E-state index in [1.807, 2.05) is 6.07 Å². The fraction of sp³-hybridized carbons (Fsp3) is 0.500. The molecule has 0 amide bonds. The second kappa shape index (κ2) is 9.38. The van der Waals surface area contributed by atoms with Crippen molar-refractivity contribution in [2.45, 2.75) is 40.0 Å². The fourth-order valence-corrected chi connectivity index (χ4v) is 4.15. The van der Waals surface area contributed by atoms with Crippen LogP contribution in [0, 0.1) is 17.8 Å². The predicted molar refractivity (Wildman–Crippen MR) is 111 cm³/mol. The highest BCUT2D eigenvalue weighted by Gasteiger charge is 2.37. The third kappa shape index (κ3) is 5.12. The maximum Gasteiger partial charge on any atom is 0.118 e. The summed E-state index contributed by atoms with van der Waals surface area (Å²) in [6, 6.07) is 19.3. The van der Waals surface area contributed by atoms with Crippen LogP contribution >= 0.6 is 0 Å². The molecule has 0 saturated carbocycles. The van der Waals surface area contributed by atoms with Gasteiger partial charge in [0, 0.05) is 19.1 Å². The molecule has 2 aromatic carbocycles. The summed E-state index contributed by atoms with van der Waals surface area (Å²) in [4.78, 5) is 2.61. The second-order valence-corrected chi connectivity index (χ2v) is 8.04. The topological polar surface area (TPSA) is 21.7 Å². The summed E-state index contributed by atoms with van der Waals surface area (Å²) in [5.41, 5.74) is 2.57. The Balaban J connectivity index is 1.66.